The normalized spacial score (nSPS) is 32.2. The Balaban J connectivity index is 2.58. The minimum atomic E-state index is -0.547. The molecule has 0 aromatic rings. The zero-order valence-corrected chi connectivity index (χ0v) is 6.44. The standard InChI is InChI=1S/C7H13NO2/c1-7(6(9)8-2)4-3-5-10-7/h3-5H2,1-2H3,(H,8,9)/t7-/m1/s1. The third-order valence-electron chi connectivity index (χ3n) is 1.93. The van der Waals surface area contributed by atoms with Crippen LogP contribution in [0.3, 0.4) is 0 Å². The van der Waals surface area contributed by atoms with Gasteiger partial charge in [-0.1, -0.05) is 0 Å². The van der Waals surface area contributed by atoms with E-state index in [0.29, 0.717) is 6.61 Å². The van der Waals surface area contributed by atoms with Crippen LogP contribution in [0.1, 0.15) is 19.8 Å². The molecule has 10 heavy (non-hydrogen) atoms. The molecular formula is C7H13NO2. The summed E-state index contributed by atoms with van der Waals surface area (Å²) >= 11 is 0. The molecule has 0 bridgehead atoms. The summed E-state index contributed by atoms with van der Waals surface area (Å²) in [7, 11) is 1.63. The summed E-state index contributed by atoms with van der Waals surface area (Å²) in [6.45, 7) is 2.54. The number of hydrogen-bond donors (Lipinski definition) is 1. The zero-order chi connectivity index (χ0) is 7.61. The van der Waals surface area contributed by atoms with Crippen molar-refractivity contribution in [3.63, 3.8) is 0 Å². The lowest BCUT2D eigenvalue weighted by Gasteiger charge is -2.19. The zero-order valence-electron chi connectivity index (χ0n) is 6.44. The molecule has 1 fully saturated rings. The van der Waals surface area contributed by atoms with Gasteiger partial charge < -0.3 is 10.1 Å². The molecule has 0 radical (unpaired) electrons. The minimum Gasteiger partial charge on any atom is -0.365 e. The molecule has 1 atom stereocenters. The molecule has 0 aromatic carbocycles. The lowest BCUT2D eigenvalue weighted by molar-refractivity contribution is -0.138. The van der Waals surface area contributed by atoms with Crippen LogP contribution in [-0.4, -0.2) is 25.2 Å². The first-order valence-corrected chi connectivity index (χ1v) is 3.55. The molecule has 1 aliphatic rings. The van der Waals surface area contributed by atoms with Crippen molar-refractivity contribution in [2.24, 2.45) is 0 Å². The number of ether oxygens (including phenoxy) is 1. The topological polar surface area (TPSA) is 38.3 Å². The Morgan fingerprint density at radius 1 is 1.70 bits per heavy atom. The highest BCUT2D eigenvalue weighted by Gasteiger charge is 2.36. The minimum absolute atomic E-state index is 0.00926. The molecule has 0 saturated carbocycles. The first-order chi connectivity index (χ1) is 4.69. The van der Waals surface area contributed by atoms with Gasteiger partial charge in [0.2, 0.25) is 0 Å². The van der Waals surface area contributed by atoms with Crippen LogP contribution in [-0.2, 0) is 9.53 Å². The van der Waals surface area contributed by atoms with Gasteiger partial charge in [0, 0.05) is 13.7 Å². The Labute approximate surface area is 60.7 Å². The van der Waals surface area contributed by atoms with E-state index in [1.807, 2.05) is 6.92 Å². The van der Waals surface area contributed by atoms with Gasteiger partial charge in [-0.25, -0.2) is 0 Å². The van der Waals surface area contributed by atoms with Crippen LogP contribution in [0.15, 0.2) is 0 Å². The molecule has 1 saturated heterocycles. The first-order valence-electron chi connectivity index (χ1n) is 3.55. The summed E-state index contributed by atoms with van der Waals surface area (Å²) < 4.78 is 5.28. The van der Waals surface area contributed by atoms with Gasteiger partial charge in [0.15, 0.2) is 0 Å². The van der Waals surface area contributed by atoms with Gasteiger partial charge in [-0.3, -0.25) is 4.79 Å². The summed E-state index contributed by atoms with van der Waals surface area (Å²) in [6.07, 6.45) is 1.83. The van der Waals surface area contributed by atoms with Gasteiger partial charge in [-0.2, -0.15) is 0 Å². The second kappa shape index (κ2) is 2.58. The molecule has 0 unspecified atom stereocenters. The molecule has 0 aromatic heterocycles. The largest absolute Gasteiger partial charge is 0.365 e. The fourth-order valence-corrected chi connectivity index (χ4v) is 1.22. The van der Waals surface area contributed by atoms with Crippen LogP contribution in [0.5, 0.6) is 0 Å². The van der Waals surface area contributed by atoms with E-state index in [9.17, 15) is 4.79 Å². The van der Waals surface area contributed by atoms with Crippen LogP contribution in [0.25, 0.3) is 0 Å². The van der Waals surface area contributed by atoms with Crippen molar-refractivity contribution in [2.45, 2.75) is 25.4 Å². The van der Waals surface area contributed by atoms with Crippen molar-refractivity contribution in [3.8, 4) is 0 Å². The van der Waals surface area contributed by atoms with E-state index in [-0.39, 0.29) is 5.91 Å². The average molecular weight is 143 g/mol. The predicted molar refractivity (Wildman–Crippen MR) is 37.7 cm³/mol. The van der Waals surface area contributed by atoms with E-state index in [2.05, 4.69) is 5.32 Å². The molecule has 1 aliphatic heterocycles. The third-order valence-corrected chi connectivity index (χ3v) is 1.93. The Kier molecular flexibility index (Phi) is 1.94. The monoisotopic (exact) mass is 143 g/mol. The highest BCUT2D eigenvalue weighted by Crippen LogP contribution is 2.24. The van der Waals surface area contributed by atoms with Crippen molar-refractivity contribution < 1.29 is 9.53 Å². The molecule has 0 aliphatic carbocycles. The number of hydrogen-bond acceptors (Lipinski definition) is 2. The molecule has 0 spiro atoms. The smallest absolute Gasteiger partial charge is 0.251 e. The molecule has 1 rings (SSSR count). The van der Waals surface area contributed by atoms with Crippen molar-refractivity contribution in [1.82, 2.24) is 5.32 Å². The summed E-state index contributed by atoms with van der Waals surface area (Å²) in [5.74, 6) is -0.00926. The van der Waals surface area contributed by atoms with Crippen LogP contribution in [0, 0.1) is 0 Å². The second-order valence-corrected chi connectivity index (χ2v) is 2.76. The lowest BCUT2D eigenvalue weighted by Crippen LogP contribution is -2.42. The van der Waals surface area contributed by atoms with Gasteiger partial charge in [-0.05, 0) is 19.8 Å². The number of amides is 1. The summed E-state index contributed by atoms with van der Waals surface area (Å²) in [4.78, 5) is 11.1. The Morgan fingerprint density at radius 2 is 2.40 bits per heavy atom. The van der Waals surface area contributed by atoms with E-state index in [4.69, 9.17) is 4.74 Å². The molecule has 3 nitrogen and oxygen atoms in total. The van der Waals surface area contributed by atoms with Gasteiger partial charge in [0.1, 0.15) is 5.60 Å². The van der Waals surface area contributed by atoms with E-state index >= 15 is 0 Å². The molecule has 1 amide bonds. The van der Waals surface area contributed by atoms with Crippen molar-refractivity contribution in [3.05, 3.63) is 0 Å². The highest BCUT2D eigenvalue weighted by atomic mass is 16.5. The quantitative estimate of drug-likeness (QED) is 0.573. The molecule has 58 valence electrons. The van der Waals surface area contributed by atoms with Gasteiger partial charge in [0.05, 0.1) is 0 Å². The maximum absolute atomic E-state index is 11.1. The van der Waals surface area contributed by atoms with Crippen LogP contribution in [0.2, 0.25) is 0 Å². The van der Waals surface area contributed by atoms with Crippen LogP contribution >= 0.6 is 0 Å². The fourth-order valence-electron chi connectivity index (χ4n) is 1.22. The van der Waals surface area contributed by atoms with E-state index < -0.39 is 5.60 Å². The highest BCUT2D eigenvalue weighted by molar-refractivity contribution is 5.84. The third kappa shape index (κ3) is 1.14. The molecule has 1 heterocycles. The van der Waals surface area contributed by atoms with Crippen LogP contribution in [0.4, 0.5) is 0 Å². The molecular weight excluding hydrogens is 130 g/mol. The Hall–Kier alpha value is -0.570. The van der Waals surface area contributed by atoms with Crippen molar-refractivity contribution in [1.29, 1.82) is 0 Å². The average Bonchev–Trinajstić information content (AvgIpc) is 2.36. The number of likely N-dealkylation sites (N-methyl/N-ethyl adjacent to an activating group) is 1. The fraction of sp³-hybridized carbons (Fsp3) is 0.857. The van der Waals surface area contributed by atoms with Crippen LogP contribution < -0.4 is 5.32 Å². The Morgan fingerprint density at radius 3 is 2.80 bits per heavy atom. The van der Waals surface area contributed by atoms with Gasteiger partial charge in [0.25, 0.3) is 5.91 Å². The van der Waals surface area contributed by atoms with E-state index in [1.54, 1.807) is 7.05 Å². The van der Waals surface area contributed by atoms with Gasteiger partial charge in [-0.15, -0.1) is 0 Å². The van der Waals surface area contributed by atoms with E-state index in [0.717, 1.165) is 12.8 Å². The summed E-state index contributed by atoms with van der Waals surface area (Å²) in [5.41, 5.74) is -0.547. The number of nitrogens with one attached hydrogen (secondary N) is 1. The summed E-state index contributed by atoms with van der Waals surface area (Å²) in [5, 5.41) is 2.58. The van der Waals surface area contributed by atoms with Gasteiger partial charge >= 0.3 is 0 Å². The maximum atomic E-state index is 11.1. The SMILES string of the molecule is CNC(=O)[C@@]1(C)CCCO1. The molecule has 1 N–H and O–H groups in total. The number of carbonyl (C=O) groups excluding carboxylic acids is 1. The molecule has 3 heteroatoms. The first kappa shape index (κ1) is 7.54. The predicted octanol–water partition coefficient (Wildman–Crippen LogP) is 0.301. The van der Waals surface area contributed by atoms with E-state index in [1.165, 1.54) is 0 Å². The lowest BCUT2D eigenvalue weighted by atomic mass is 10.0. The Bertz CT molecular complexity index is 139. The maximum Gasteiger partial charge on any atom is 0.251 e. The number of rotatable bonds is 1. The van der Waals surface area contributed by atoms with Crippen molar-refractivity contribution >= 4 is 5.91 Å². The van der Waals surface area contributed by atoms with Crippen molar-refractivity contribution in [2.75, 3.05) is 13.7 Å². The number of carbonyl (C=O) groups is 1. The second-order valence-electron chi connectivity index (χ2n) is 2.76. The summed E-state index contributed by atoms with van der Waals surface area (Å²) in [6, 6.07) is 0.